The third-order valence-electron chi connectivity index (χ3n) is 3.87. The van der Waals surface area contributed by atoms with Crippen LogP contribution in [0.5, 0.6) is 0 Å². The molecule has 2 aliphatic rings. The van der Waals surface area contributed by atoms with Crippen LogP contribution < -0.4 is 5.32 Å². The van der Waals surface area contributed by atoms with Gasteiger partial charge < -0.3 is 19.5 Å². The lowest BCUT2D eigenvalue weighted by molar-refractivity contribution is -0.148. The zero-order valence-corrected chi connectivity index (χ0v) is 11.7. The molecule has 2 aliphatic heterocycles. The van der Waals surface area contributed by atoms with Gasteiger partial charge in [-0.05, 0) is 38.5 Å². The van der Waals surface area contributed by atoms with Crippen molar-refractivity contribution >= 4 is 5.97 Å². The highest BCUT2D eigenvalue weighted by Gasteiger charge is 2.31. The van der Waals surface area contributed by atoms with Crippen LogP contribution in [0.4, 0.5) is 0 Å². The predicted octanol–water partition coefficient (Wildman–Crippen LogP) is 1.11. The maximum Gasteiger partial charge on any atom is 0.323 e. The Hall–Kier alpha value is -0.650. The van der Waals surface area contributed by atoms with E-state index in [1.165, 1.54) is 0 Å². The minimum atomic E-state index is -0.215. The van der Waals surface area contributed by atoms with E-state index in [2.05, 4.69) is 5.32 Å². The molecule has 0 radical (unpaired) electrons. The van der Waals surface area contributed by atoms with Crippen LogP contribution in [0.15, 0.2) is 0 Å². The molecule has 0 amide bonds. The summed E-state index contributed by atoms with van der Waals surface area (Å²) in [5.41, 5.74) is 0. The minimum absolute atomic E-state index is 0.132. The number of nitrogens with one attached hydrogen (secondary N) is 1. The molecule has 2 atom stereocenters. The van der Waals surface area contributed by atoms with E-state index in [-0.39, 0.29) is 18.1 Å². The van der Waals surface area contributed by atoms with Gasteiger partial charge in [0.05, 0.1) is 12.7 Å². The number of hydrogen-bond acceptors (Lipinski definition) is 5. The molecular weight excluding hydrogens is 246 g/mol. The number of rotatable bonds is 6. The van der Waals surface area contributed by atoms with Crippen LogP contribution in [0.25, 0.3) is 0 Å². The van der Waals surface area contributed by atoms with Gasteiger partial charge in [-0.15, -0.1) is 0 Å². The highest BCUT2D eigenvalue weighted by atomic mass is 16.5. The van der Waals surface area contributed by atoms with E-state index in [1.54, 1.807) is 0 Å². The van der Waals surface area contributed by atoms with Crippen LogP contribution in [-0.4, -0.2) is 51.1 Å². The Balaban J connectivity index is 1.86. The molecule has 2 rings (SSSR count). The predicted molar refractivity (Wildman–Crippen MR) is 70.9 cm³/mol. The highest BCUT2D eigenvalue weighted by molar-refractivity contribution is 5.76. The second-order valence-corrected chi connectivity index (χ2v) is 5.22. The van der Waals surface area contributed by atoms with Crippen molar-refractivity contribution in [3.63, 3.8) is 0 Å². The standard InChI is InChI=1S/C14H25NO4/c1-2-18-14(16)13(11-5-8-17-9-6-11)15-10-12-4-3-7-19-12/h11-13,15H,2-10H2,1H3. The summed E-state index contributed by atoms with van der Waals surface area (Å²) in [6.45, 7) is 5.33. The molecule has 5 nitrogen and oxygen atoms in total. The molecular formula is C14H25NO4. The van der Waals surface area contributed by atoms with Gasteiger partial charge in [0.1, 0.15) is 6.04 Å². The van der Waals surface area contributed by atoms with E-state index in [9.17, 15) is 4.79 Å². The first kappa shape index (κ1) is 14.8. The van der Waals surface area contributed by atoms with E-state index in [1.807, 2.05) is 6.92 Å². The first-order valence-corrected chi connectivity index (χ1v) is 7.40. The van der Waals surface area contributed by atoms with Gasteiger partial charge in [0.25, 0.3) is 0 Å². The fraction of sp³-hybridized carbons (Fsp3) is 0.929. The van der Waals surface area contributed by atoms with E-state index in [0.29, 0.717) is 12.5 Å². The fourth-order valence-electron chi connectivity index (χ4n) is 2.79. The molecule has 0 aromatic rings. The molecule has 2 heterocycles. The van der Waals surface area contributed by atoms with Gasteiger partial charge >= 0.3 is 5.97 Å². The SMILES string of the molecule is CCOC(=O)C(NCC1CCCO1)C1CCOCC1. The Morgan fingerprint density at radius 2 is 2.11 bits per heavy atom. The van der Waals surface area contributed by atoms with Crippen molar-refractivity contribution in [2.24, 2.45) is 5.92 Å². The van der Waals surface area contributed by atoms with Gasteiger partial charge in [-0.2, -0.15) is 0 Å². The van der Waals surface area contributed by atoms with Crippen LogP contribution in [0.2, 0.25) is 0 Å². The summed E-state index contributed by atoms with van der Waals surface area (Å²) < 4.78 is 16.1. The van der Waals surface area contributed by atoms with E-state index in [0.717, 1.165) is 52.0 Å². The molecule has 2 fully saturated rings. The molecule has 110 valence electrons. The summed E-state index contributed by atoms with van der Waals surface area (Å²) in [7, 11) is 0. The van der Waals surface area contributed by atoms with Gasteiger partial charge in [0.15, 0.2) is 0 Å². The van der Waals surface area contributed by atoms with E-state index < -0.39 is 0 Å². The summed E-state index contributed by atoms with van der Waals surface area (Å²) in [6, 6.07) is -0.215. The van der Waals surface area contributed by atoms with Crippen LogP contribution >= 0.6 is 0 Å². The second kappa shape index (κ2) is 7.82. The monoisotopic (exact) mass is 271 g/mol. The summed E-state index contributed by atoms with van der Waals surface area (Å²) in [5, 5.41) is 3.36. The van der Waals surface area contributed by atoms with Crippen molar-refractivity contribution in [2.75, 3.05) is 33.0 Å². The number of esters is 1. The molecule has 0 aromatic carbocycles. The molecule has 1 N–H and O–H groups in total. The molecule has 0 spiro atoms. The van der Waals surface area contributed by atoms with Crippen LogP contribution in [0.3, 0.4) is 0 Å². The zero-order valence-electron chi connectivity index (χ0n) is 11.7. The Bertz CT molecular complexity index is 273. The topological polar surface area (TPSA) is 56.8 Å². The minimum Gasteiger partial charge on any atom is -0.465 e. The van der Waals surface area contributed by atoms with Crippen molar-refractivity contribution in [1.29, 1.82) is 0 Å². The first-order chi connectivity index (χ1) is 9.31. The number of carbonyl (C=O) groups is 1. The molecule has 0 bridgehead atoms. The number of ether oxygens (including phenoxy) is 3. The third kappa shape index (κ3) is 4.44. The van der Waals surface area contributed by atoms with Gasteiger partial charge in [-0.3, -0.25) is 4.79 Å². The van der Waals surface area contributed by atoms with Crippen LogP contribution in [0.1, 0.15) is 32.6 Å². The molecule has 2 unspecified atom stereocenters. The quantitative estimate of drug-likeness (QED) is 0.734. The number of carbonyl (C=O) groups excluding carboxylic acids is 1. The lowest BCUT2D eigenvalue weighted by Gasteiger charge is -2.30. The Labute approximate surface area is 115 Å². The first-order valence-electron chi connectivity index (χ1n) is 7.40. The average molecular weight is 271 g/mol. The Morgan fingerprint density at radius 3 is 2.74 bits per heavy atom. The van der Waals surface area contributed by atoms with Gasteiger partial charge in [-0.25, -0.2) is 0 Å². The highest BCUT2D eigenvalue weighted by Crippen LogP contribution is 2.20. The average Bonchev–Trinajstić information content (AvgIpc) is 2.94. The summed E-state index contributed by atoms with van der Waals surface area (Å²) in [5.74, 6) is 0.182. The van der Waals surface area contributed by atoms with Crippen molar-refractivity contribution in [3.05, 3.63) is 0 Å². The van der Waals surface area contributed by atoms with Gasteiger partial charge in [0.2, 0.25) is 0 Å². The zero-order chi connectivity index (χ0) is 13.5. The molecule has 0 aromatic heterocycles. The molecule has 0 saturated carbocycles. The van der Waals surface area contributed by atoms with E-state index in [4.69, 9.17) is 14.2 Å². The normalized spacial score (nSPS) is 26.3. The van der Waals surface area contributed by atoms with Crippen molar-refractivity contribution < 1.29 is 19.0 Å². The van der Waals surface area contributed by atoms with Crippen molar-refractivity contribution in [1.82, 2.24) is 5.32 Å². The second-order valence-electron chi connectivity index (χ2n) is 5.22. The van der Waals surface area contributed by atoms with Crippen LogP contribution in [0, 0.1) is 5.92 Å². The van der Waals surface area contributed by atoms with Gasteiger partial charge in [-0.1, -0.05) is 0 Å². The summed E-state index contributed by atoms with van der Waals surface area (Å²) >= 11 is 0. The molecule has 2 saturated heterocycles. The maximum absolute atomic E-state index is 12.1. The number of hydrogen-bond donors (Lipinski definition) is 1. The lowest BCUT2D eigenvalue weighted by atomic mass is 9.91. The third-order valence-corrected chi connectivity index (χ3v) is 3.87. The van der Waals surface area contributed by atoms with Crippen molar-refractivity contribution in [3.8, 4) is 0 Å². The van der Waals surface area contributed by atoms with E-state index >= 15 is 0 Å². The Kier molecular flexibility index (Phi) is 6.07. The fourth-order valence-corrected chi connectivity index (χ4v) is 2.79. The van der Waals surface area contributed by atoms with Crippen LogP contribution in [-0.2, 0) is 19.0 Å². The maximum atomic E-state index is 12.1. The summed E-state index contributed by atoms with van der Waals surface area (Å²) in [6.07, 6.45) is 4.28. The summed E-state index contributed by atoms with van der Waals surface area (Å²) in [4.78, 5) is 12.1. The molecule has 5 heteroatoms. The molecule has 0 aliphatic carbocycles. The largest absolute Gasteiger partial charge is 0.465 e. The molecule has 19 heavy (non-hydrogen) atoms. The smallest absolute Gasteiger partial charge is 0.323 e. The van der Waals surface area contributed by atoms with Gasteiger partial charge in [0, 0.05) is 26.4 Å². The van der Waals surface area contributed by atoms with Crippen molar-refractivity contribution in [2.45, 2.75) is 44.8 Å². The Morgan fingerprint density at radius 1 is 1.32 bits per heavy atom. The lowest BCUT2D eigenvalue weighted by Crippen LogP contribution is -2.48.